The summed E-state index contributed by atoms with van der Waals surface area (Å²) >= 11 is 11.7. The molecule has 0 bridgehead atoms. The Balaban J connectivity index is 2.08. The summed E-state index contributed by atoms with van der Waals surface area (Å²) in [7, 11) is 0. The minimum Gasteiger partial charge on any atom is -0.339 e. The van der Waals surface area contributed by atoms with Gasteiger partial charge in [0.2, 0.25) is 0 Å². The van der Waals surface area contributed by atoms with Crippen molar-refractivity contribution in [2.75, 3.05) is 13.1 Å². The average molecular weight is 329 g/mol. The van der Waals surface area contributed by atoms with Crippen molar-refractivity contribution in [3.63, 3.8) is 0 Å². The van der Waals surface area contributed by atoms with Crippen LogP contribution >= 0.6 is 23.2 Å². The number of nitrogens with zero attached hydrogens (tertiary/aromatic N) is 2. The van der Waals surface area contributed by atoms with Crippen LogP contribution in [0.25, 0.3) is 0 Å². The van der Waals surface area contributed by atoms with E-state index < -0.39 is 0 Å². The molecule has 1 unspecified atom stereocenters. The normalized spacial score (nSPS) is 20.2. The third kappa shape index (κ3) is 4.10. The van der Waals surface area contributed by atoms with E-state index in [-0.39, 0.29) is 11.1 Å². The maximum atomic E-state index is 12.6. The summed E-state index contributed by atoms with van der Waals surface area (Å²) in [5, 5.41) is 0.557. The highest BCUT2D eigenvalue weighted by atomic mass is 35.5. The van der Waals surface area contributed by atoms with Gasteiger partial charge in [0.05, 0.1) is 10.6 Å². The Kier molecular flexibility index (Phi) is 5.15. The zero-order valence-corrected chi connectivity index (χ0v) is 14.3. The second kappa shape index (κ2) is 6.53. The summed E-state index contributed by atoms with van der Waals surface area (Å²) in [5.74, 6) is 0.651. The number of hydrogen-bond acceptors (Lipinski definition) is 2. The molecule has 1 fully saturated rings. The predicted molar refractivity (Wildman–Crippen MR) is 87.0 cm³/mol. The van der Waals surface area contributed by atoms with E-state index in [0.29, 0.717) is 21.9 Å². The van der Waals surface area contributed by atoms with Crippen molar-refractivity contribution in [3.8, 4) is 0 Å². The van der Waals surface area contributed by atoms with Crippen molar-refractivity contribution in [2.45, 2.75) is 40.0 Å². The van der Waals surface area contributed by atoms with Crippen molar-refractivity contribution in [1.82, 2.24) is 9.88 Å². The van der Waals surface area contributed by atoms with Crippen LogP contribution in [0.15, 0.2) is 12.3 Å². The Morgan fingerprint density at radius 1 is 1.29 bits per heavy atom. The first-order valence-corrected chi connectivity index (χ1v) is 8.15. The lowest BCUT2D eigenvalue weighted by Crippen LogP contribution is -2.32. The van der Waals surface area contributed by atoms with E-state index in [2.05, 4.69) is 25.8 Å². The second-order valence-electron chi connectivity index (χ2n) is 6.78. The van der Waals surface area contributed by atoms with Gasteiger partial charge in [0.25, 0.3) is 5.91 Å². The van der Waals surface area contributed by atoms with Gasteiger partial charge in [-0.2, -0.15) is 0 Å². The summed E-state index contributed by atoms with van der Waals surface area (Å²) in [5.41, 5.74) is 0.808. The number of carbonyl (C=O) groups excluding carboxylic acids is 1. The highest BCUT2D eigenvalue weighted by Gasteiger charge is 2.28. The van der Waals surface area contributed by atoms with Crippen LogP contribution in [0.4, 0.5) is 0 Å². The standard InChI is InChI=1S/C16H22Cl2N2O/c1-16(2,3)12-5-4-7-20(8-6-12)15(21)11-9-13(17)14(18)19-10-11/h9-10,12H,4-8H2,1-3H3. The van der Waals surface area contributed by atoms with Gasteiger partial charge in [-0.3, -0.25) is 4.79 Å². The Morgan fingerprint density at radius 3 is 2.62 bits per heavy atom. The molecule has 0 aliphatic carbocycles. The number of likely N-dealkylation sites (tertiary alicyclic amines) is 1. The highest BCUT2D eigenvalue weighted by Crippen LogP contribution is 2.34. The molecule has 0 radical (unpaired) electrons. The molecule has 21 heavy (non-hydrogen) atoms. The maximum absolute atomic E-state index is 12.6. The van der Waals surface area contributed by atoms with Crippen molar-refractivity contribution >= 4 is 29.1 Å². The summed E-state index contributed by atoms with van der Waals surface area (Å²) in [6, 6.07) is 1.60. The maximum Gasteiger partial charge on any atom is 0.255 e. The van der Waals surface area contributed by atoms with Gasteiger partial charge in [-0.25, -0.2) is 4.98 Å². The number of aromatic nitrogens is 1. The van der Waals surface area contributed by atoms with Gasteiger partial charge >= 0.3 is 0 Å². The molecule has 116 valence electrons. The minimum absolute atomic E-state index is 0.00405. The molecule has 0 spiro atoms. The first kappa shape index (κ1) is 16.6. The van der Waals surface area contributed by atoms with Crippen LogP contribution in [0.5, 0.6) is 0 Å². The first-order chi connectivity index (χ1) is 9.79. The SMILES string of the molecule is CC(C)(C)C1CCCN(C(=O)c2cnc(Cl)c(Cl)c2)CC1. The first-order valence-electron chi connectivity index (χ1n) is 7.39. The Morgan fingerprint density at radius 2 is 2.00 bits per heavy atom. The van der Waals surface area contributed by atoms with Crippen molar-refractivity contribution in [2.24, 2.45) is 11.3 Å². The fourth-order valence-electron chi connectivity index (χ4n) is 2.89. The van der Waals surface area contributed by atoms with Crippen LogP contribution < -0.4 is 0 Å². The van der Waals surface area contributed by atoms with Crippen molar-refractivity contribution in [3.05, 3.63) is 28.0 Å². The van der Waals surface area contributed by atoms with Crippen molar-refractivity contribution in [1.29, 1.82) is 0 Å². The molecule has 1 aromatic rings. The Bertz CT molecular complexity index is 525. The molecule has 0 N–H and O–H groups in total. The fourth-order valence-corrected chi connectivity index (χ4v) is 3.16. The van der Waals surface area contributed by atoms with Crippen LogP contribution in [0.2, 0.25) is 10.2 Å². The Hall–Kier alpha value is -0.800. The number of carbonyl (C=O) groups is 1. The minimum atomic E-state index is -0.00405. The zero-order chi connectivity index (χ0) is 15.6. The summed E-state index contributed by atoms with van der Waals surface area (Å²) < 4.78 is 0. The lowest BCUT2D eigenvalue weighted by Gasteiger charge is -2.29. The van der Waals surface area contributed by atoms with Gasteiger partial charge in [0.1, 0.15) is 5.15 Å². The summed E-state index contributed by atoms with van der Waals surface area (Å²) in [6.07, 6.45) is 4.77. The molecule has 0 aromatic carbocycles. The third-order valence-electron chi connectivity index (χ3n) is 4.28. The number of rotatable bonds is 1. The molecule has 1 saturated heterocycles. The number of amides is 1. The van der Waals surface area contributed by atoms with Crippen LogP contribution in [0.3, 0.4) is 0 Å². The Labute approximate surface area is 136 Å². The van der Waals surface area contributed by atoms with E-state index in [9.17, 15) is 4.79 Å². The highest BCUT2D eigenvalue weighted by molar-refractivity contribution is 6.41. The smallest absolute Gasteiger partial charge is 0.255 e. The van der Waals surface area contributed by atoms with E-state index >= 15 is 0 Å². The molecular formula is C16H22Cl2N2O. The van der Waals surface area contributed by atoms with Gasteiger partial charge in [0.15, 0.2) is 0 Å². The van der Waals surface area contributed by atoms with Gasteiger partial charge in [-0.15, -0.1) is 0 Å². The van der Waals surface area contributed by atoms with Crippen LogP contribution in [-0.2, 0) is 0 Å². The third-order valence-corrected chi connectivity index (χ3v) is 4.97. The molecule has 1 atom stereocenters. The molecule has 2 rings (SSSR count). The molecule has 0 saturated carbocycles. The van der Waals surface area contributed by atoms with Crippen LogP contribution in [0, 0.1) is 11.3 Å². The number of hydrogen-bond donors (Lipinski definition) is 0. The molecule has 3 nitrogen and oxygen atoms in total. The quantitative estimate of drug-likeness (QED) is 0.701. The molecule has 1 aliphatic rings. The van der Waals surface area contributed by atoms with Crippen molar-refractivity contribution < 1.29 is 4.79 Å². The topological polar surface area (TPSA) is 33.2 Å². The van der Waals surface area contributed by atoms with E-state index in [1.807, 2.05) is 4.90 Å². The summed E-state index contributed by atoms with van der Waals surface area (Å²) in [6.45, 7) is 8.42. The van der Waals surface area contributed by atoms with Crippen LogP contribution in [-0.4, -0.2) is 28.9 Å². The molecular weight excluding hydrogens is 307 g/mol. The van der Waals surface area contributed by atoms with Gasteiger partial charge in [-0.1, -0.05) is 44.0 Å². The van der Waals surface area contributed by atoms with Crippen LogP contribution in [0.1, 0.15) is 50.4 Å². The van der Waals surface area contributed by atoms with Gasteiger partial charge in [-0.05, 0) is 36.7 Å². The molecule has 2 heterocycles. The lowest BCUT2D eigenvalue weighted by molar-refractivity contribution is 0.0755. The van der Waals surface area contributed by atoms with Gasteiger partial charge in [0, 0.05) is 19.3 Å². The average Bonchev–Trinajstić information content (AvgIpc) is 2.66. The number of halogens is 2. The van der Waals surface area contributed by atoms with E-state index in [1.54, 1.807) is 6.07 Å². The monoisotopic (exact) mass is 328 g/mol. The lowest BCUT2D eigenvalue weighted by atomic mass is 9.77. The van der Waals surface area contributed by atoms with E-state index in [4.69, 9.17) is 23.2 Å². The summed E-state index contributed by atoms with van der Waals surface area (Å²) in [4.78, 5) is 18.4. The van der Waals surface area contributed by atoms with E-state index in [0.717, 1.165) is 25.9 Å². The number of pyridine rings is 1. The molecule has 1 amide bonds. The largest absolute Gasteiger partial charge is 0.339 e. The predicted octanol–water partition coefficient (Wildman–Crippen LogP) is 4.68. The molecule has 5 heteroatoms. The zero-order valence-electron chi connectivity index (χ0n) is 12.8. The fraction of sp³-hybridized carbons (Fsp3) is 0.625. The van der Waals surface area contributed by atoms with Gasteiger partial charge < -0.3 is 4.90 Å². The molecule has 1 aliphatic heterocycles. The molecule has 1 aromatic heterocycles. The second-order valence-corrected chi connectivity index (χ2v) is 7.55. The van der Waals surface area contributed by atoms with E-state index in [1.165, 1.54) is 12.6 Å².